The van der Waals surface area contributed by atoms with Gasteiger partial charge < -0.3 is 5.73 Å². The molecule has 0 saturated heterocycles. The highest BCUT2D eigenvalue weighted by molar-refractivity contribution is 7.89. The molecule has 1 unspecified atom stereocenters. The molecule has 80 valence electrons. The Morgan fingerprint density at radius 3 is 2.23 bits per heavy atom. The van der Waals surface area contributed by atoms with E-state index in [0.29, 0.717) is 12.5 Å². The van der Waals surface area contributed by atoms with Gasteiger partial charge in [-0.2, -0.15) is 0 Å². The number of hydrogen-bond acceptors (Lipinski definition) is 3. The molecule has 5 heteroatoms. The lowest BCUT2D eigenvalue weighted by molar-refractivity contribution is 0.465. The van der Waals surface area contributed by atoms with Crippen LogP contribution in [-0.4, -0.2) is 26.8 Å². The third-order valence-electron chi connectivity index (χ3n) is 1.77. The van der Waals surface area contributed by atoms with Gasteiger partial charge in [-0.15, -0.1) is 0 Å². The Hall–Kier alpha value is -0.130. The van der Waals surface area contributed by atoms with Crippen molar-refractivity contribution in [3.63, 3.8) is 0 Å². The molecule has 3 N–H and O–H groups in total. The first kappa shape index (κ1) is 12.9. The van der Waals surface area contributed by atoms with Crippen LogP contribution in [0.25, 0.3) is 0 Å². The second-order valence-electron chi connectivity index (χ2n) is 3.58. The maximum atomic E-state index is 11.2. The van der Waals surface area contributed by atoms with Crippen LogP contribution in [0.5, 0.6) is 0 Å². The molecular formula is C8H20N2O2S. The molecule has 0 amide bonds. The van der Waals surface area contributed by atoms with Gasteiger partial charge >= 0.3 is 0 Å². The van der Waals surface area contributed by atoms with E-state index < -0.39 is 10.0 Å². The molecule has 1 atom stereocenters. The van der Waals surface area contributed by atoms with E-state index in [1.54, 1.807) is 6.92 Å². The number of nitrogens with one attached hydrogen (secondary N) is 1. The Kier molecular flexibility index (Phi) is 5.51. The molecule has 0 aromatic rings. The Morgan fingerprint density at radius 1 is 1.38 bits per heavy atom. The molecule has 0 fully saturated rings. The Bertz CT molecular complexity index is 224. The van der Waals surface area contributed by atoms with Crippen LogP contribution in [0.4, 0.5) is 0 Å². The van der Waals surface area contributed by atoms with E-state index >= 15 is 0 Å². The fourth-order valence-electron chi connectivity index (χ4n) is 1.10. The molecular weight excluding hydrogens is 188 g/mol. The zero-order valence-electron chi connectivity index (χ0n) is 8.58. The van der Waals surface area contributed by atoms with E-state index in [1.165, 1.54) is 0 Å². The maximum Gasteiger partial charge on any atom is 0.211 e. The first-order valence-corrected chi connectivity index (χ1v) is 6.26. The van der Waals surface area contributed by atoms with Crippen LogP contribution in [-0.2, 0) is 10.0 Å². The zero-order valence-corrected chi connectivity index (χ0v) is 9.39. The van der Waals surface area contributed by atoms with Gasteiger partial charge in [-0.25, -0.2) is 13.1 Å². The van der Waals surface area contributed by atoms with Gasteiger partial charge in [0.1, 0.15) is 0 Å². The van der Waals surface area contributed by atoms with Crippen LogP contribution >= 0.6 is 0 Å². The van der Waals surface area contributed by atoms with Crippen molar-refractivity contribution in [2.45, 2.75) is 33.2 Å². The third kappa shape index (κ3) is 6.01. The van der Waals surface area contributed by atoms with Crippen molar-refractivity contribution in [1.29, 1.82) is 0 Å². The standard InChI is InChI=1S/C8H20N2O2S/c1-4-13(11,12)10-8(6-9)5-7(2)3/h7-8,10H,4-6,9H2,1-3H3. The fraction of sp³-hybridized carbons (Fsp3) is 1.00. The van der Waals surface area contributed by atoms with E-state index in [-0.39, 0.29) is 11.8 Å². The first-order valence-electron chi connectivity index (χ1n) is 4.61. The van der Waals surface area contributed by atoms with Crippen molar-refractivity contribution >= 4 is 10.0 Å². The second kappa shape index (κ2) is 5.57. The summed E-state index contributed by atoms with van der Waals surface area (Å²) >= 11 is 0. The van der Waals surface area contributed by atoms with Crippen molar-refractivity contribution < 1.29 is 8.42 Å². The predicted octanol–water partition coefficient (Wildman–Crippen LogP) is 0.299. The normalized spacial score (nSPS) is 14.8. The highest BCUT2D eigenvalue weighted by Gasteiger charge is 2.15. The minimum atomic E-state index is -3.11. The molecule has 0 aliphatic carbocycles. The summed E-state index contributed by atoms with van der Waals surface area (Å²) in [5, 5.41) is 0. The summed E-state index contributed by atoms with van der Waals surface area (Å²) in [7, 11) is -3.11. The van der Waals surface area contributed by atoms with E-state index in [4.69, 9.17) is 5.73 Å². The third-order valence-corrected chi connectivity index (χ3v) is 3.22. The summed E-state index contributed by atoms with van der Waals surface area (Å²) in [6.45, 7) is 6.06. The molecule has 0 radical (unpaired) electrons. The van der Waals surface area contributed by atoms with Crippen LogP contribution in [0.2, 0.25) is 0 Å². The summed E-state index contributed by atoms with van der Waals surface area (Å²) < 4.78 is 24.9. The number of sulfonamides is 1. The summed E-state index contributed by atoms with van der Waals surface area (Å²) in [5.74, 6) is 0.565. The topological polar surface area (TPSA) is 72.2 Å². The van der Waals surface area contributed by atoms with Gasteiger partial charge in [0.25, 0.3) is 0 Å². The van der Waals surface area contributed by atoms with Crippen LogP contribution in [0.1, 0.15) is 27.2 Å². The Labute approximate surface area is 80.9 Å². The van der Waals surface area contributed by atoms with Gasteiger partial charge in [-0.1, -0.05) is 13.8 Å². The molecule has 0 aromatic carbocycles. The SMILES string of the molecule is CCS(=O)(=O)NC(CN)CC(C)C. The first-order chi connectivity index (χ1) is 5.91. The average Bonchev–Trinajstić information content (AvgIpc) is 2.02. The van der Waals surface area contributed by atoms with Crippen LogP contribution in [0.15, 0.2) is 0 Å². The molecule has 0 spiro atoms. The predicted molar refractivity (Wildman–Crippen MR) is 54.9 cm³/mol. The lowest BCUT2D eigenvalue weighted by atomic mass is 10.1. The number of nitrogens with two attached hydrogens (primary N) is 1. The minimum Gasteiger partial charge on any atom is -0.329 e. The van der Waals surface area contributed by atoms with Gasteiger partial charge in [0.2, 0.25) is 10.0 Å². The van der Waals surface area contributed by atoms with Gasteiger partial charge in [0.15, 0.2) is 0 Å². The van der Waals surface area contributed by atoms with Crippen molar-refractivity contribution in [1.82, 2.24) is 4.72 Å². The average molecular weight is 208 g/mol. The van der Waals surface area contributed by atoms with E-state index in [2.05, 4.69) is 4.72 Å². The van der Waals surface area contributed by atoms with Crippen molar-refractivity contribution in [3.8, 4) is 0 Å². The fourth-order valence-corrected chi connectivity index (χ4v) is 1.97. The van der Waals surface area contributed by atoms with Gasteiger partial charge in [-0.3, -0.25) is 0 Å². The molecule has 0 bridgehead atoms. The van der Waals surface area contributed by atoms with Gasteiger partial charge in [0.05, 0.1) is 5.75 Å². The highest BCUT2D eigenvalue weighted by Crippen LogP contribution is 2.04. The van der Waals surface area contributed by atoms with Crippen molar-refractivity contribution in [3.05, 3.63) is 0 Å². The highest BCUT2D eigenvalue weighted by atomic mass is 32.2. The van der Waals surface area contributed by atoms with E-state index in [0.717, 1.165) is 6.42 Å². The molecule has 13 heavy (non-hydrogen) atoms. The van der Waals surface area contributed by atoms with E-state index in [9.17, 15) is 8.42 Å². The van der Waals surface area contributed by atoms with Crippen molar-refractivity contribution in [2.75, 3.05) is 12.3 Å². The molecule has 0 aliphatic rings. The maximum absolute atomic E-state index is 11.2. The van der Waals surface area contributed by atoms with Crippen LogP contribution in [0.3, 0.4) is 0 Å². The summed E-state index contributed by atoms with van der Waals surface area (Å²) in [5.41, 5.74) is 5.46. The summed E-state index contributed by atoms with van der Waals surface area (Å²) in [6, 6.07) is -0.120. The monoisotopic (exact) mass is 208 g/mol. The van der Waals surface area contributed by atoms with Crippen LogP contribution < -0.4 is 10.5 Å². The van der Waals surface area contributed by atoms with Gasteiger partial charge in [0, 0.05) is 12.6 Å². The zero-order chi connectivity index (χ0) is 10.5. The number of rotatable bonds is 6. The number of hydrogen-bond donors (Lipinski definition) is 2. The lowest BCUT2D eigenvalue weighted by Crippen LogP contribution is -2.41. The Balaban J connectivity index is 4.13. The smallest absolute Gasteiger partial charge is 0.211 e. The second-order valence-corrected chi connectivity index (χ2v) is 5.63. The van der Waals surface area contributed by atoms with Gasteiger partial charge in [-0.05, 0) is 19.3 Å². The lowest BCUT2D eigenvalue weighted by Gasteiger charge is -2.17. The molecule has 0 aliphatic heterocycles. The Morgan fingerprint density at radius 2 is 1.92 bits per heavy atom. The summed E-state index contributed by atoms with van der Waals surface area (Å²) in [6.07, 6.45) is 0.787. The van der Waals surface area contributed by atoms with Crippen molar-refractivity contribution in [2.24, 2.45) is 11.7 Å². The summed E-state index contributed by atoms with van der Waals surface area (Å²) in [4.78, 5) is 0. The van der Waals surface area contributed by atoms with E-state index in [1.807, 2.05) is 13.8 Å². The molecule has 0 aromatic heterocycles. The molecule has 4 nitrogen and oxygen atoms in total. The quantitative estimate of drug-likeness (QED) is 0.659. The molecule has 0 heterocycles. The van der Waals surface area contributed by atoms with Crippen LogP contribution in [0, 0.1) is 5.92 Å². The molecule has 0 saturated carbocycles. The largest absolute Gasteiger partial charge is 0.329 e. The molecule has 0 rings (SSSR count). The minimum absolute atomic E-state index is 0.113.